The van der Waals surface area contributed by atoms with Crippen LogP contribution in [0.15, 0.2) is 48.5 Å². The Bertz CT molecular complexity index is 823. The van der Waals surface area contributed by atoms with Crippen LogP contribution >= 0.6 is 0 Å². The number of benzene rings is 2. The maximum Gasteiger partial charge on any atom is 0.238 e. The van der Waals surface area contributed by atoms with Crippen LogP contribution in [-0.2, 0) is 11.2 Å². The SMILES string of the molecule is Cc1cc(N2CCCC2)ccc1NC(=O)CN(CCc1ccccc1)C1CCCC1. The maximum absolute atomic E-state index is 12.9. The van der Waals surface area contributed by atoms with Crippen molar-refractivity contribution in [2.45, 2.75) is 57.9 Å². The molecule has 160 valence electrons. The number of hydrogen-bond donors (Lipinski definition) is 1. The van der Waals surface area contributed by atoms with Crippen molar-refractivity contribution in [1.29, 1.82) is 0 Å². The molecule has 1 aliphatic heterocycles. The molecule has 30 heavy (non-hydrogen) atoms. The number of aryl methyl sites for hydroxylation is 1. The fraction of sp³-hybridized carbons (Fsp3) is 0.500. The topological polar surface area (TPSA) is 35.6 Å². The van der Waals surface area contributed by atoms with E-state index in [1.165, 1.54) is 49.8 Å². The molecule has 2 fully saturated rings. The van der Waals surface area contributed by atoms with Crippen molar-refractivity contribution < 1.29 is 4.79 Å². The van der Waals surface area contributed by atoms with E-state index in [0.29, 0.717) is 12.6 Å². The minimum Gasteiger partial charge on any atom is -0.372 e. The van der Waals surface area contributed by atoms with Crippen molar-refractivity contribution in [2.75, 3.05) is 36.4 Å². The molecule has 4 nitrogen and oxygen atoms in total. The average molecular weight is 406 g/mol. The molecule has 0 atom stereocenters. The Labute approximate surface area is 181 Å². The van der Waals surface area contributed by atoms with Crippen molar-refractivity contribution in [2.24, 2.45) is 0 Å². The predicted octanol–water partition coefficient (Wildman–Crippen LogP) is 5.02. The molecule has 4 rings (SSSR count). The Morgan fingerprint density at radius 3 is 2.47 bits per heavy atom. The van der Waals surface area contributed by atoms with Gasteiger partial charge in [0.1, 0.15) is 0 Å². The van der Waals surface area contributed by atoms with Crippen molar-refractivity contribution in [3.63, 3.8) is 0 Å². The van der Waals surface area contributed by atoms with Gasteiger partial charge in [-0.25, -0.2) is 0 Å². The zero-order valence-electron chi connectivity index (χ0n) is 18.3. The Morgan fingerprint density at radius 2 is 1.77 bits per heavy atom. The van der Waals surface area contributed by atoms with Crippen molar-refractivity contribution in [1.82, 2.24) is 4.90 Å². The lowest BCUT2D eigenvalue weighted by atomic mass is 10.1. The molecule has 0 spiro atoms. The van der Waals surface area contributed by atoms with Gasteiger partial charge in [-0.2, -0.15) is 0 Å². The van der Waals surface area contributed by atoms with E-state index in [9.17, 15) is 4.79 Å². The second-order valence-corrected chi connectivity index (χ2v) is 8.89. The molecular weight excluding hydrogens is 370 g/mol. The summed E-state index contributed by atoms with van der Waals surface area (Å²) in [7, 11) is 0. The summed E-state index contributed by atoms with van der Waals surface area (Å²) in [5.41, 5.74) is 4.70. The van der Waals surface area contributed by atoms with Crippen LogP contribution in [0.5, 0.6) is 0 Å². The van der Waals surface area contributed by atoms with Gasteiger partial charge in [0.15, 0.2) is 0 Å². The van der Waals surface area contributed by atoms with Crippen molar-refractivity contribution in [3.8, 4) is 0 Å². The first-order chi connectivity index (χ1) is 14.7. The van der Waals surface area contributed by atoms with Crippen LogP contribution in [-0.4, -0.2) is 43.0 Å². The highest BCUT2D eigenvalue weighted by Gasteiger charge is 2.24. The molecule has 4 heteroatoms. The standard InChI is InChI=1S/C26H35N3O/c1-21-19-24(28-16-7-8-17-28)13-14-25(21)27-26(30)20-29(23-11-5-6-12-23)18-15-22-9-3-2-4-10-22/h2-4,9-10,13-14,19,23H,5-8,11-12,15-18,20H2,1H3,(H,27,30). The third-order valence-corrected chi connectivity index (χ3v) is 6.67. The molecule has 0 unspecified atom stereocenters. The van der Waals surface area contributed by atoms with Crippen molar-refractivity contribution >= 4 is 17.3 Å². The highest BCUT2D eigenvalue weighted by molar-refractivity contribution is 5.93. The molecule has 0 bridgehead atoms. The van der Waals surface area contributed by atoms with E-state index in [4.69, 9.17) is 0 Å². The number of amides is 1. The van der Waals surface area contributed by atoms with Crippen LogP contribution in [0.3, 0.4) is 0 Å². The zero-order valence-corrected chi connectivity index (χ0v) is 18.3. The lowest BCUT2D eigenvalue weighted by molar-refractivity contribution is -0.117. The lowest BCUT2D eigenvalue weighted by Crippen LogP contribution is -2.41. The number of carbonyl (C=O) groups excluding carboxylic acids is 1. The van der Waals surface area contributed by atoms with Gasteiger partial charge < -0.3 is 10.2 Å². The second kappa shape index (κ2) is 10.1. The fourth-order valence-electron chi connectivity index (χ4n) is 4.91. The monoisotopic (exact) mass is 405 g/mol. The van der Waals surface area contributed by atoms with Crippen LogP contribution in [0.2, 0.25) is 0 Å². The summed E-state index contributed by atoms with van der Waals surface area (Å²) in [5, 5.41) is 3.18. The number of carbonyl (C=O) groups is 1. The zero-order chi connectivity index (χ0) is 20.8. The summed E-state index contributed by atoms with van der Waals surface area (Å²) < 4.78 is 0. The summed E-state index contributed by atoms with van der Waals surface area (Å²) in [6, 6.07) is 17.6. The van der Waals surface area contributed by atoms with Gasteiger partial charge >= 0.3 is 0 Å². The predicted molar refractivity (Wildman–Crippen MR) is 125 cm³/mol. The van der Waals surface area contributed by atoms with Crippen LogP contribution in [0.4, 0.5) is 11.4 Å². The molecule has 1 saturated carbocycles. The molecule has 1 heterocycles. The summed E-state index contributed by atoms with van der Waals surface area (Å²) in [5.74, 6) is 0.104. The Hall–Kier alpha value is -2.33. The first kappa shape index (κ1) is 20.9. The summed E-state index contributed by atoms with van der Waals surface area (Å²) in [6.45, 7) is 5.80. The Kier molecular flexibility index (Phi) is 7.06. The van der Waals surface area contributed by atoms with Crippen molar-refractivity contribution in [3.05, 3.63) is 59.7 Å². The van der Waals surface area contributed by atoms with Gasteiger partial charge in [-0.05, 0) is 68.4 Å². The average Bonchev–Trinajstić information content (AvgIpc) is 3.47. The maximum atomic E-state index is 12.9. The summed E-state index contributed by atoms with van der Waals surface area (Å²) in [4.78, 5) is 17.8. The molecule has 0 aromatic heterocycles. The van der Waals surface area contributed by atoms with Gasteiger partial charge in [-0.1, -0.05) is 43.2 Å². The van der Waals surface area contributed by atoms with E-state index in [1.807, 2.05) is 0 Å². The molecule has 1 amide bonds. The highest BCUT2D eigenvalue weighted by atomic mass is 16.2. The number of anilines is 2. The molecule has 1 aliphatic carbocycles. The molecular formula is C26H35N3O. The minimum atomic E-state index is 0.104. The second-order valence-electron chi connectivity index (χ2n) is 8.89. The lowest BCUT2D eigenvalue weighted by Gasteiger charge is -2.28. The van der Waals surface area contributed by atoms with Gasteiger partial charge in [-0.15, -0.1) is 0 Å². The molecule has 2 aromatic carbocycles. The first-order valence-corrected chi connectivity index (χ1v) is 11.6. The first-order valence-electron chi connectivity index (χ1n) is 11.6. The number of hydrogen-bond acceptors (Lipinski definition) is 3. The normalized spacial score (nSPS) is 17.1. The number of rotatable bonds is 8. The molecule has 2 aliphatic rings. The fourth-order valence-corrected chi connectivity index (χ4v) is 4.91. The number of nitrogens with one attached hydrogen (secondary N) is 1. The summed E-state index contributed by atoms with van der Waals surface area (Å²) in [6.07, 6.45) is 8.54. The van der Waals surface area contributed by atoms with Crippen LogP contribution in [0.25, 0.3) is 0 Å². The van der Waals surface area contributed by atoms with Crippen LogP contribution in [0.1, 0.15) is 49.7 Å². The van der Waals surface area contributed by atoms with Crippen LogP contribution in [0, 0.1) is 6.92 Å². The smallest absolute Gasteiger partial charge is 0.238 e. The number of nitrogens with zero attached hydrogens (tertiary/aromatic N) is 2. The van der Waals surface area contributed by atoms with E-state index in [2.05, 4.69) is 70.6 Å². The molecule has 0 radical (unpaired) electrons. The molecule has 1 N–H and O–H groups in total. The van der Waals surface area contributed by atoms with E-state index >= 15 is 0 Å². The van der Waals surface area contributed by atoms with Gasteiger partial charge in [0.05, 0.1) is 6.54 Å². The molecule has 2 aromatic rings. The van der Waals surface area contributed by atoms with Gasteiger partial charge in [0.2, 0.25) is 5.91 Å². The largest absolute Gasteiger partial charge is 0.372 e. The minimum absolute atomic E-state index is 0.104. The Balaban J connectivity index is 1.37. The molecule has 1 saturated heterocycles. The quantitative estimate of drug-likeness (QED) is 0.670. The highest BCUT2D eigenvalue weighted by Crippen LogP contribution is 2.26. The summed E-state index contributed by atoms with van der Waals surface area (Å²) >= 11 is 0. The van der Waals surface area contributed by atoms with E-state index in [-0.39, 0.29) is 5.91 Å². The van der Waals surface area contributed by atoms with Gasteiger partial charge in [0.25, 0.3) is 0 Å². The van der Waals surface area contributed by atoms with E-state index in [1.54, 1.807) is 0 Å². The van der Waals surface area contributed by atoms with Gasteiger partial charge in [-0.3, -0.25) is 9.69 Å². The third-order valence-electron chi connectivity index (χ3n) is 6.67. The van der Waals surface area contributed by atoms with Gasteiger partial charge in [0, 0.05) is 37.1 Å². The van der Waals surface area contributed by atoms with E-state index in [0.717, 1.165) is 37.3 Å². The van der Waals surface area contributed by atoms with Crippen LogP contribution < -0.4 is 10.2 Å². The Morgan fingerprint density at radius 1 is 1.03 bits per heavy atom. The van der Waals surface area contributed by atoms with E-state index < -0.39 is 0 Å². The third kappa shape index (κ3) is 5.42.